The number of nitro benzene ring substituents is 1. The summed E-state index contributed by atoms with van der Waals surface area (Å²) in [6, 6.07) is 14.5. The second-order valence-electron chi connectivity index (χ2n) is 4.84. The number of esters is 1. The van der Waals surface area contributed by atoms with E-state index in [1.807, 2.05) is 6.07 Å². The van der Waals surface area contributed by atoms with Gasteiger partial charge in [-0.15, -0.1) is 0 Å². The lowest BCUT2D eigenvalue weighted by atomic mass is 10.2. The van der Waals surface area contributed by atoms with Crippen molar-refractivity contribution in [3.63, 3.8) is 0 Å². The van der Waals surface area contributed by atoms with Crippen molar-refractivity contribution in [1.82, 2.24) is 0 Å². The number of carbonyl (C=O) groups excluding carboxylic acids is 1. The Kier molecular flexibility index (Phi) is 6.25. The normalized spacial score (nSPS) is 10.2. The van der Waals surface area contributed by atoms with Gasteiger partial charge < -0.3 is 9.47 Å². The van der Waals surface area contributed by atoms with Crippen LogP contribution in [0.25, 0.3) is 6.08 Å². The van der Waals surface area contributed by atoms with E-state index in [1.165, 1.54) is 30.4 Å². The van der Waals surface area contributed by atoms with E-state index in [2.05, 4.69) is 0 Å². The van der Waals surface area contributed by atoms with Gasteiger partial charge in [-0.2, -0.15) is 5.26 Å². The first-order valence-corrected chi connectivity index (χ1v) is 7.31. The van der Waals surface area contributed by atoms with E-state index in [-0.39, 0.29) is 18.9 Å². The molecule has 0 bridgehead atoms. The van der Waals surface area contributed by atoms with Crippen molar-refractivity contribution in [3.05, 3.63) is 75.8 Å². The fraction of sp³-hybridized carbons (Fsp3) is 0.111. The fourth-order valence-corrected chi connectivity index (χ4v) is 1.88. The molecule has 0 saturated carbocycles. The van der Waals surface area contributed by atoms with Gasteiger partial charge in [0, 0.05) is 18.2 Å². The van der Waals surface area contributed by atoms with Crippen molar-refractivity contribution >= 4 is 17.7 Å². The maximum atomic E-state index is 11.6. The van der Waals surface area contributed by atoms with E-state index in [1.54, 1.807) is 30.3 Å². The van der Waals surface area contributed by atoms with Crippen molar-refractivity contribution in [1.29, 1.82) is 5.26 Å². The molecule has 0 aliphatic rings. The molecule has 2 aromatic carbocycles. The number of hydrogen-bond donors (Lipinski definition) is 0. The summed E-state index contributed by atoms with van der Waals surface area (Å²) in [6.45, 7) is 0.223. The molecule has 0 amide bonds. The number of carbonyl (C=O) groups is 1. The van der Waals surface area contributed by atoms with Crippen LogP contribution < -0.4 is 4.74 Å². The van der Waals surface area contributed by atoms with E-state index in [4.69, 9.17) is 14.7 Å². The minimum absolute atomic E-state index is 0.0497. The Morgan fingerprint density at radius 3 is 2.64 bits per heavy atom. The standard InChI is InChI=1S/C18H14N2O5/c19-13-15-4-7-17(8-5-15)24-10-11-25-18(21)9-6-14-2-1-3-16(12-14)20(22)23/h1-9,12H,10-11H2/b9-6+. The third-order valence-electron chi connectivity index (χ3n) is 3.07. The van der Waals surface area contributed by atoms with E-state index in [0.29, 0.717) is 16.9 Å². The van der Waals surface area contributed by atoms with Crippen LogP contribution in [0, 0.1) is 21.4 Å². The van der Waals surface area contributed by atoms with Crippen LogP contribution in [0.4, 0.5) is 5.69 Å². The second kappa shape index (κ2) is 8.84. The molecule has 0 heterocycles. The zero-order valence-corrected chi connectivity index (χ0v) is 13.1. The van der Waals surface area contributed by atoms with Gasteiger partial charge in [-0.05, 0) is 35.9 Å². The molecule has 0 spiro atoms. The summed E-state index contributed by atoms with van der Waals surface area (Å²) in [5.74, 6) is -0.00267. The molecule has 0 N–H and O–H groups in total. The van der Waals surface area contributed by atoms with Crippen LogP contribution in [0.15, 0.2) is 54.6 Å². The van der Waals surface area contributed by atoms with Gasteiger partial charge in [0.1, 0.15) is 19.0 Å². The lowest BCUT2D eigenvalue weighted by Gasteiger charge is -2.06. The molecule has 0 aromatic heterocycles. The van der Waals surface area contributed by atoms with Gasteiger partial charge in [0.2, 0.25) is 0 Å². The Morgan fingerprint density at radius 1 is 1.20 bits per heavy atom. The van der Waals surface area contributed by atoms with Gasteiger partial charge in [-0.25, -0.2) is 4.79 Å². The SMILES string of the molecule is N#Cc1ccc(OCCOC(=O)/C=C/c2cccc([N+](=O)[O-])c2)cc1. The summed E-state index contributed by atoms with van der Waals surface area (Å²) in [7, 11) is 0. The highest BCUT2D eigenvalue weighted by Crippen LogP contribution is 2.14. The number of ether oxygens (including phenoxy) is 2. The van der Waals surface area contributed by atoms with Gasteiger partial charge in [0.15, 0.2) is 0 Å². The smallest absolute Gasteiger partial charge is 0.330 e. The molecular weight excluding hydrogens is 324 g/mol. The Bertz CT molecular complexity index is 822. The van der Waals surface area contributed by atoms with Crippen LogP contribution in [0.3, 0.4) is 0 Å². The summed E-state index contributed by atoms with van der Waals surface area (Å²) in [4.78, 5) is 21.8. The first kappa shape index (κ1) is 17.7. The molecular formula is C18H14N2O5. The van der Waals surface area contributed by atoms with Gasteiger partial charge in [-0.3, -0.25) is 10.1 Å². The molecule has 2 aromatic rings. The molecule has 7 nitrogen and oxygen atoms in total. The zero-order chi connectivity index (χ0) is 18.1. The Morgan fingerprint density at radius 2 is 1.96 bits per heavy atom. The minimum Gasteiger partial charge on any atom is -0.490 e. The molecule has 0 saturated heterocycles. The largest absolute Gasteiger partial charge is 0.490 e. The molecule has 0 aliphatic heterocycles. The van der Waals surface area contributed by atoms with Crippen LogP contribution >= 0.6 is 0 Å². The van der Waals surface area contributed by atoms with E-state index in [0.717, 1.165) is 0 Å². The van der Waals surface area contributed by atoms with Crippen LogP contribution in [-0.2, 0) is 9.53 Å². The number of benzene rings is 2. The average Bonchev–Trinajstić information content (AvgIpc) is 2.64. The number of nitro groups is 1. The van der Waals surface area contributed by atoms with E-state index in [9.17, 15) is 14.9 Å². The topological polar surface area (TPSA) is 102 Å². The quantitative estimate of drug-likeness (QED) is 0.253. The molecule has 7 heteroatoms. The van der Waals surface area contributed by atoms with E-state index >= 15 is 0 Å². The Hall–Kier alpha value is -3.66. The predicted octanol–water partition coefficient (Wildman–Crippen LogP) is 3.10. The molecule has 126 valence electrons. The van der Waals surface area contributed by atoms with Crippen molar-refractivity contribution < 1.29 is 19.2 Å². The number of hydrogen-bond acceptors (Lipinski definition) is 6. The highest BCUT2D eigenvalue weighted by molar-refractivity contribution is 5.87. The van der Waals surface area contributed by atoms with Crippen LogP contribution in [0.2, 0.25) is 0 Å². The Labute approximate surface area is 143 Å². The summed E-state index contributed by atoms with van der Waals surface area (Å²) in [5, 5.41) is 19.4. The molecule has 0 atom stereocenters. The van der Waals surface area contributed by atoms with Gasteiger partial charge in [-0.1, -0.05) is 12.1 Å². The minimum atomic E-state index is -0.574. The molecule has 0 fully saturated rings. The van der Waals surface area contributed by atoms with Crippen LogP contribution in [0.5, 0.6) is 5.75 Å². The van der Waals surface area contributed by atoms with Crippen molar-refractivity contribution in [2.75, 3.05) is 13.2 Å². The summed E-state index contributed by atoms with van der Waals surface area (Å²) in [5.41, 5.74) is 1.01. The second-order valence-corrected chi connectivity index (χ2v) is 4.84. The van der Waals surface area contributed by atoms with Crippen molar-refractivity contribution in [2.24, 2.45) is 0 Å². The lowest BCUT2D eigenvalue weighted by molar-refractivity contribution is -0.384. The van der Waals surface area contributed by atoms with E-state index < -0.39 is 10.9 Å². The zero-order valence-electron chi connectivity index (χ0n) is 13.1. The molecule has 0 radical (unpaired) electrons. The van der Waals surface area contributed by atoms with Gasteiger partial charge in [0.25, 0.3) is 5.69 Å². The highest BCUT2D eigenvalue weighted by atomic mass is 16.6. The third kappa shape index (κ3) is 5.80. The van der Waals surface area contributed by atoms with Crippen molar-refractivity contribution in [2.45, 2.75) is 0 Å². The third-order valence-corrected chi connectivity index (χ3v) is 3.07. The average molecular weight is 338 g/mol. The number of nitrogens with zero attached hydrogens (tertiary/aromatic N) is 2. The number of rotatable bonds is 7. The van der Waals surface area contributed by atoms with Crippen molar-refractivity contribution in [3.8, 4) is 11.8 Å². The highest BCUT2D eigenvalue weighted by Gasteiger charge is 2.04. The summed E-state index contributed by atoms with van der Waals surface area (Å²) >= 11 is 0. The van der Waals surface area contributed by atoms with Crippen LogP contribution in [-0.4, -0.2) is 24.1 Å². The maximum absolute atomic E-state index is 11.6. The summed E-state index contributed by atoms with van der Waals surface area (Å²) < 4.78 is 10.3. The molecule has 2 rings (SSSR count). The fourth-order valence-electron chi connectivity index (χ4n) is 1.88. The summed E-state index contributed by atoms with van der Waals surface area (Å²) in [6.07, 6.45) is 2.64. The first-order valence-electron chi connectivity index (χ1n) is 7.31. The monoisotopic (exact) mass is 338 g/mol. The first-order chi connectivity index (χ1) is 12.1. The maximum Gasteiger partial charge on any atom is 0.330 e. The lowest BCUT2D eigenvalue weighted by Crippen LogP contribution is -2.10. The van der Waals surface area contributed by atoms with Crippen LogP contribution in [0.1, 0.15) is 11.1 Å². The number of nitriles is 1. The van der Waals surface area contributed by atoms with Gasteiger partial charge in [0.05, 0.1) is 16.6 Å². The molecule has 25 heavy (non-hydrogen) atoms. The molecule has 0 aliphatic carbocycles. The number of non-ortho nitro benzene ring substituents is 1. The Balaban J connectivity index is 1.75. The predicted molar refractivity (Wildman–Crippen MR) is 89.7 cm³/mol. The molecule has 0 unspecified atom stereocenters. The van der Waals surface area contributed by atoms with Gasteiger partial charge >= 0.3 is 5.97 Å².